The molecule has 8 heteroatoms. The Labute approximate surface area is 211 Å². The molecule has 8 nitrogen and oxygen atoms in total. The SMILES string of the molecule is CC1Oc2ccc(NC(C)c3ccc(CC(N)c4ccc5c(c4)N=C(N)C(C)O5)cc3)cc2N=C1N. The monoisotopic (exact) mass is 484 g/mol. The van der Waals surface area contributed by atoms with E-state index < -0.39 is 0 Å². The lowest BCUT2D eigenvalue weighted by molar-refractivity contribution is 0.281. The molecule has 0 saturated carbocycles. The predicted molar refractivity (Wildman–Crippen MR) is 145 cm³/mol. The summed E-state index contributed by atoms with van der Waals surface area (Å²) in [6.45, 7) is 5.90. The van der Waals surface area contributed by atoms with E-state index in [-0.39, 0.29) is 24.3 Å². The van der Waals surface area contributed by atoms with E-state index in [2.05, 4.69) is 46.5 Å². The first-order valence-electron chi connectivity index (χ1n) is 12.2. The van der Waals surface area contributed by atoms with Crippen LogP contribution >= 0.6 is 0 Å². The van der Waals surface area contributed by atoms with Gasteiger partial charge in [-0.15, -0.1) is 0 Å². The summed E-state index contributed by atoms with van der Waals surface area (Å²) >= 11 is 0. The zero-order valence-corrected chi connectivity index (χ0v) is 20.7. The van der Waals surface area contributed by atoms with Gasteiger partial charge in [-0.25, -0.2) is 9.98 Å². The molecular formula is C28H32N6O2. The van der Waals surface area contributed by atoms with Crippen molar-refractivity contribution in [1.29, 1.82) is 0 Å². The third-order valence-corrected chi connectivity index (χ3v) is 6.63. The molecule has 0 fully saturated rings. The second-order valence-electron chi connectivity index (χ2n) is 9.42. The number of benzene rings is 3. The topological polar surface area (TPSA) is 133 Å². The first kappa shape index (κ1) is 23.7. The molecule has 0 saturated heterocycles. The summed E-state index contributed by atoms with van der Waals surface area (Å²) in [6, 6.07) is 20.2. The van der Waals surface area contributed by atoms with Gasteiger partial charge in [-0.2, -0.15) is 0 Å². The molecule has 186 valence electrons. The molecule has 0 aromatic heterocycles. The molecule has 4 unspecified atom stereocenters. The van der Waals surface area contributed by atoms with Crippen LogP contribution in [0.2, 0.25) is 0 Å². The van der Waals surface area contributed by atoms with Gasteiger partial charge < -0.3 is 32.0 Å². The summed E-state index contributed by atoms with van der Waals surface area (Å²) in [6.07, 6.45) is 0.282. The van der Waals surface area contributed by atoms with Crippen LogP contribution in [0.1, 0.15) is 49.5 Å². The van der Waals surface area contributed by atoms with Gasteiger partial charge in [-0.3, -0.25) is 0 Å². The largest absolute Gasteiger partial charge is 0.481 e. The Morgan fingerprint density at radius 1 is 0.806 bits per heavy atom. The number of nitrogens with two attached hydrogens (primary N) is 3. The molecule has 0 amide bonds. The molecule has 2 aliphatic rings. The van der Waals surface area contributed by atoms with E-state index in [0.29, 0.717) is 18.1 Å². The van der Waals surface area contributed by atoms with E-state index in [1.807, 2.05) is 50.2 Å². The quantitative estimate of drug-likeness (QED) is 0.403. The molecule has 4 atom stereocenters. The van der Waals surface area contributed by atoms with Gasteiger partial charge in [-0.1, -0.05) is 30.3 Å². The Hall–Kier alpha value is -4.04. The highest BCUT2D eigenvalue weighted by Gasteiger charge is 2.20. The number of nitrogens with zero attached hydrogens (tertiary/aromatic N) is 2. The van der Waals surface area contributed by atoms with E-state index in [0.717, 1.165) is 39.7 Å². The summed E-state index contributed by atoms with van der Waals surface area (Å²) in [5, 5.41) is 3.53. The maximum Gasteiger partial charge on any atom is 0.153 e. The van der Waals surface area contributed by atoms with Crippen LogP contribution in [-0.4, -0.2) is 23.9 Å². The van der Waals surface area contributed by atoms with Crippen molar-refractivity contribution in [3.05, 3.63) is 77.4 Å². The van der Waals surface area contributed by atoms with Crippen molar-refractivity contribution >= 4 is 28.7 Å². The number of anilines is 1. The minimum atomic E-state index is -0.218. The number of hydrogen-bond donors (Lipinski definition) is 4. The van der Waals surface area contributed by atoms with Crippen LogP contribution in [0.5, 0.6) is 11.5 Å². The number of aliphatic imine (C=N–C) groups is 2. The Kier molecular flexibility index (Phi) is 6.28. The van der Waals surface area contributed by atoms with Crippen molar-refractivity contribution in [3.63, 3.8) is 0 Å². The lowest BCUT2D eigenvalue weighted by Gasteiger charge is -2.23. The Balaban J connectivity index is 1.23. The molecule has 36 heavy (non-hydrogen) atoms. The van der Waals surface area contributed by atoms with Gasteiger partial charge in [0, 0.05) is 17.8 Å². The average molecular weight is 485 g/mol. The number of ether oxygens (including phenoxy) is 2. The molecule has 0 aliphatic carbocycles. The standard InChI is InChI=1S/C28H32N6O2/c1-15(32-21-9-11-26-24(14-21)34-28(31)17(3)36-26)19-6-4-18(5-7-19)12-22(29)20-8-10-25-23(13-20)33-27(30)16(2)35-25/h4-11,13-17,22,32H,12,29H2,1-3H3,(H2,30,33)(H2,31,34). The number of fused-ring (bicyclic) bond motifs is 2. The molecule has 3 aromatic carbocycles. The minimum absolute atomic E-state index is 0.0990. The van der Waals surface area contributed by atoms with Crippen molar-refractivity contribution in [3.8, 4) is 11.5 Å². The maximum absolute atomic E-state index is 6.53. The van der Waals surface area contributed by atoms with E-state index >= 15 is 0 Å². The number of nitrogens with one attached hydrogen (secondary N) is 1. The number of hydrogen-bond acceptors (Lipinski definition) is 8. The highest BCUT2D eigenvalue weighted by molar-refractivity contribution is 5.90. The Bertz CT molecular complexity index is 1330. The van der Waals surface area contributed by atoms with Crippen LogP contribution in [0.15, 0.2) is 70.6 Å². The van der Waals surface area contributed by atoms with E-state index in [1.54, 1.807) is 0 Å². The smallest absolute Gasteiger partial charge is 0.153 e. The summed E-state index contributed by atoms with van der Waals surface area (Å²) in [5.74, 6) is 2.43. The van der Waals surface area contributed by atoms with Crippen molar-refractivity contribution in [1.82, 2.24) is 0 Å². The molecule has 5 rings (SSSR count). The second-order valence-corrected chi connectivity index (χ2v) is 9.42. The van der Waals surface area contributed by atoms with Crippen molar-refractivity contribution in [2.45, 2.75) is 51.5 Å². The molecule has 0 spiro atoms. The third kappa shape index (κ3) is 4.85. The minimum Gasteiger partial charge on any atom is -0.481 e. The second kappa shape index (κ2) is 9.54. The highest BCUT2D eigenvalue weighted by Crippen LogP contribution is 2.36. The van der Waals surface area contributed by atoms with E-state index in [9.17, 15) is 0 Å². The lowest BCUT2D eigenvalue weighted by atomic mass is 9.97. The maximum atomic E-state index is 6.53. The fourth-order valence-corrected chi connectivity index (χ4v) is 4.36. The first-order chi connectivity index (χ1) is 17.3. The molecule has 3 aromatic rings. The zero-order chi connectivity index (χ0) is 25.4. The number of rotatable bonds is 6. The highest BCUT2D eigenvalue weighted by atomic mass is 16.5. The average Bonchev–Trinajstić information content (AvgIpc) is 2.85. The molecule has 0 bridgehead atoms. The van der Waals surface area contributed by atoms with Crippen LogP contribution in [0.25, 0.3) is 0 Å². The summed E-state index contributed by atoms with van der Waals surface area (Å²) < 4.78 is 11.6. The third-order valence-electron chi connectivity index (χ3n) is 6.63. The van der Waals surface area contributed by atoms with Gasteiger partial charge in [0.25, 0.3) is 0 Å². The van der Waals surface area contributed by atoms with Gasteiger partial charge in [0.1, 0.15) is 34.5 Å². The fourth-order valence-electron chi connectivity index (χ4n) is 4.36. The van der Waals surface area contributed by atoms with Gasteiger partial charge in [0.05, 0.1) is 0 Å². The summed E-state index contributed by atoms with van der Waals surface area (Å²) in [5.41, 5.74) is 24.2. The molecule has 7 N–H and O–H groups in total. The Morgan fingerprint density at radius 2 is 1.36 bits per heavy atom. The predicted octanol–water partition coefficient (Wildman–Crippen LogP) is 4.64. The summed E-state index contributed by atoms with van der Waals surface area (Å²) in [7, 11) is 0. The fraction of sp³-hybridized carbons (Fsp3) is 0.286. The van der Waals surface area contributed by atoms with Gasteiger partial charge in [0.15, 0.2) is 12.2 Å². The van der Waals surface area contributed by atoms with Crippen molar-refractivity contribution in [2.24, 2.45) is 27.2 Å². The van der Waals surface area contributed by atoms with E-state index in [1.165, 1.54) is 5.56 Å². The van der Waals surface area contributed by atoms with Crippen molar-refractivity contribution < 1.29 is 9.47 Å². The first-order valence-corrected chi connectivity index (χ1v) is 12.2. The van der Waals surface area contributed by atoms with Crippen molar-refractivity contribution in [2.75, 3.05) is 5.32 Å². The van der Waals surface area contributed by atoms with Crippen LogP contribution in [-0.2, 0) is 6.42 Å². The Morgan fingerprint density at radius 3 is 2.00 bits per heavy atom. The lowest BCUT2D eigenvalue weighted by Crippen LogP contribution is -2.33. The van der Waals surface area contributed by atoms with Gasteiger partial charge in [0.2, 0.25) is 0 Å². The van der Waals surface area contributed by atoms with Gasteiger partial charge in [-0.05, 0) is 74.2 Å². The van der Waals surface area contributed by atoms with Crippen LogP contribution in [0.3, 0.4) is 0 Å². The van der Waals surface area contributed by atoms with Gasteiger partial charge >= 0.3 is 0 Å². The molecular weight excluding hydrogens is 452 g/mol. The summed E-state index contributed by atoms with van der Waals surface area (Å²) in [4.78, 5) is 8.92. The van der Waals surface area contributed by atoms with Crippen LogP contribution in [0.4, 0.5) is 17.1 Å². The number of amidine groups is 2. The van der Waals surface area contributed by atoms with Crippen LogP contribution < -0.4 is 32.0 Å². The van der Waals surface area contributed by atoms with Crippen LogP contribution in [0, 0.1) is 0 Å². The zero-order valence-electron chi connectivity index (χ0n) is 20.7. The molecule has 0 radical (unpaired) electrons. The molecule has 2 heterocycles. The normalized spacial score (nSPS) is 20.0. The molecule has 2 aliphatic heterocycles. The van der Waals surface area contributed by atoms with E-state index in [4.69, 9.17) is 26.7 Å².